The summed E-state index contributed by atoms with van der Waals surface area (Å²) >= 11 is 0. The van der Waals surface area contributed by atoms with E-state index >= 15 is 0 Å². The van der Waals surface area contributed by atoms with Crippen molar-refractivity contribution >= 4 is 17.0 Å². The quantitative estimate of drug-likeness (QED) is 0.692. The van der Waals surface area contributed by atoms with Crippen LogP contribution in [0.15, 0.2) is 41.2 Å². The van der Waals surface area contributed by atoms with Crippen LogP contribution in [0.3, 0.4) is 0 Å². The van der Waals surface area contributed by atoms with Crippen molar-refractivity contribution < 1.29 is 9.90 Å². The van der Waals surface area contributed by atoms with E-state index in [9.17, 15) is 14.7 Å². The molecule has 32 heavy (non-hydrogen) atoms. The molecule has 1 aromatic carbocycles. The first-order valence-electron chi connectivity index (χ1n) is 12.3. The number of nitrogens with zero attached hydrogens (tertiary/aromatic N) is 3. The number of rotatable bonds is 3. The van der Waals surface area contributed by atoms with Crippen LogP contribution in [0.1, 0.15) is 87.2 Å². The minimum atomic E-state index is -1.25. The number of benzene rings is 1. The lowest BCUT2D eigenvalue weighted by Gasteiger charge is -2.48. The smallest absolute Gasteiger partial charge is 0.360 e. The number of aromatic carboxylic acids is 1. The minimum Gasteiger partial charge on any atom is -0.476 e. The highest BCUT2D eigenvalue weighted by atomic mass is 16.4. The molecule has 170 valence electrons. The van der Waals surface area contributed by atoms with Gasteiger partial charge >= 0.3 is 5.97 Å². The largest absolute Gasteiger partial charge is 0.476 e. The number of fused-ring (bicyclic) bond motifs is 3. The highest BCUT2D eigenvalue weighted by molar-refractivity contribution is 5.88. The van der Waals surface area contributed by atoms with Crippen LogP contribution in [-0.4, -0.2) is 43.7 Å². The molecule has 2 saturated heterocycles. The molecule has 5 rings (SSSR count). The van der Waals surface area contributed by atoms with E-state index < -0.39 is 11.5 Å². The molecular formula is C26H33N3O3. The second-order valence-electron chi connectivity index (χ2n) is 9.73. The van der Waals surface area contributed by atoms with Gasteiger partial charge in [-0.1, -0.05) is 50.0 Å². The summed E-state index contributed by atoms with van der Waals surface area (Å²) in [6.07, 6.45) is 17.7. The first-order valence-corrected chi connectivity index (χ1v) is 12.3. The molecule has 2 aromatic rings. The molecule has 3 aliphatic rings. The highest BCUT2D eigenvalue weighted by Gasteiger charge is 2.41. The standard InChI is InChI=1S/C26H33N3O3/c30-25-24(26(31)32)27-22-14-8-9-15-23(22)29(25)21-16-19-12-6-7-13-20(17-21)28(19)18-10-4-2-1-3-5-11-18/h4,8-10,14-15,18-21H,1-3,5-7,11-13,16-17H2,(H,31,32)/b10-4-/t18?,19-,20+,21+. The number of allylic oxidation sites excluding steroid dienone is 1. The lowest BCUT2D eigenvalue weighted by molar-refractivity contribution is 0.0304. The summed E-state index contributed by atoms with van der Waals surface area (Å²) in [6, 6.07) is 8.83. The fourth-order valence-electron chi connectivity index (χ4n) is 6.36. The molecule has 1 aromatic heterocycles. The van der Waals surface area contributed by atoms with Gasteiger partial charge in [0.2, 0.25) is 5.69 Å². The monoisotopic (exact) mass is 435 g/mol. The van der Waals surface area contributed by atoms with Gasteiger partial charge in [-0.25, -0.2) is 9.78 Å². The molecule has 0 radical (unpaired) electrons. The molecule has 1 N–H and O–H groups in total. The van der Waals surface area contributed by atoms with Crippen molar-refractivity contribution in [3.05, 3.63) is 52.5 Å². The molecule has 4 atom stereocenters. The van der Waals surface area contributed by atoms with Crippen molar-refractivity contribution in [3.8, 4) is 0 Å². The van der Waals surface area contributed by atoms with E-state index in [1.54, 1.807) is 10.6 Å². The van der Waals surface area contributed by atoms with Crippen LogP contribution in [0.4, 0.5) is 0 Å². The summed E-state index contributed by atoms with van der Waals surface area (Å²) in [5, 5.41) is 9.62. The van der Waals surface area contributed by atoms with Gasteiger partial charge in [0.1, 0.15) is 0 Å². The maximum absolute atomic E-state index is 13.3. The molecule has 1 aliphatic carbocycles. The lowest BCUT2D eigenvalue weighted by Crippen LogP contribution is -2.53. The summed E-state index contributed by atoms with van der Waals surface area (Å²) < 4.78 is 1.77. The zero-order valence-corrected chi connectivity index (χ0v) is 18.7. The summed E-state index contributed by atoms with van der Waals surface area (Å²) in [5.74, 6) is -1.25. The number of hydrogen-bond donors (Lipinski definition) is 1. The average molecular weight is 436 g/mol. The lowest BCUT2D eigenvalue weighted by atomic mass is 9.86. The minimum absolute atomic E-state index is 0.00962. The van der Waals surface area contributed by atoms with Gasteiger partial charge in [0.05, 0.1) is 11.0 Å². The Hall–Kier alpha value is -2.47. The molecular weight excluding hydrogens is 402 g/mol. The number of carboxylic acid groups (broad SMARTS) is 1. The Bertz CT molecular complexity index is 1060. The Morgan fingerprint density at radius 2 is 1.66 bits per heavy atom. The van der Waals surface area contributed by atoms with Gasteiger partial charge in [0, 0.05) is 24.2 Å². The van der Waals surface area contributed by atoms with Crippen molar-refractivity contribution in [2.24, 2.45) is 0 Å². The predicted octanol–water partition coefficient (Wildman–Crippen LogP) is 4.93. The number of carboxylic acids is 1. The van der Waals surface area contributed by atoms with Gasteiger partial charge in [-0.2, -0.15) is 0 Å². The molecule has 6 nitrogen and oxygen atoms in total. The van der Waals surface area contributed by atoms with E-state index in [1.165, 1.54) is 44.9 Å². The van der Waals surface area contributed by atoms with Crippen molar-refractivity contribution in [2.75, 3.05) is 0 Å². The van der Waals surface area contributed by atoms with E-state index in [1.807, 2.05) is 18.2 Å². The second kappa shape index (κ2) is 9.18. The van der Waals surface area contributed by atoms with Gasteiger partial charge in [0.25, 0.3) is 5.56 Å². The molecule has 1 unspecified atom stereocenters. The zero-order valence-electron chi connectivity index (χ0n) is 18.7. The molecule has 3 heterocycles. The van der Waals surface area contributed by atoms with Crippen LogP contribution in [0.25, 0.3) is 11.0 Å². The number of carbonyl (C=O) groups is 1. The van der Waals surface area contributed by atoms with Gasteiger partial charge in [-0.05, 0) is 57.1 Å². The van der Waals surface area contributed by atoms with Gasteiger partial charge in [-0.15, -0.1) is 0 Å². The summed E-state index contributed by atoms with van der Waals surface area (Å²) in [4.78, 5) is 32.0. The topological polar surface area (TPSA) is 75.4 Å². The van der Waals surface area contributed by atoms with Gasteiger partial charge in [-0.3, -0.25) is 9.69 Å². The number of hydrogen-bond acceptors (Lipinski definition) is 4. The Balaban J connectivity index is 1.54. The molecule has 2 bridgehead atoms. The normalized spacial score (nSPS) is 30.2. The van der Waals surface area contributed by atoms with E-state index in [0.29, 0.717) is 23.6 Å². The molecule has 0 spiro atoms. The molecule has 0 saturated carbocycles. The van der Waals surface area contributed by atoms with E-state index in [4.69, 9.17) is 0 Å². The number of aromatic nitrogens is 2. The zero-order chi connectivity index (χ0) is 22.1. The van der Waals surface area contributed by atoms with Gasteiger partial charge < -0.3 is 9.67 Å². The first kappa shape index (κ1) is 21.4. The third-order valence-electron chi connectivity index (χ3n) is 7.73. The number of piperidine rings is 1. The summed E-state index contributed by atoms with van der Waals surface area (Å²) in [6.45, 7) is 0. The van der Waals surface area contributed by atoms with Gasteiger partial charge in [0.15, 0.2) is 0 Å². The third kappa shape index (κ3) is 4.01. The fraction of sp³-hybridized carbons (Fsp3) is 0.577. The maximum Gasteiger partial charge on any atom is 0.360 e. The van der Waals surface area contributed by atoms with Crippen LogP contribution in [-0.2, 0) is 0 Å². The molecule has 6 heteroatoms. The van der Waals surface area contributed by atoms with Crippen molar-refractivity contribution in [2.45, 2.75) is 94.8 Å². The Kier molecular flexibility index (Phi) is 6.13. The molecule has 2 fully saturated rings. The Morgan fingerprint density at radius 1 is 0.938 bits per heavy atom. The van der Waals surface area contributed by atoms with Crippen molar-refractivity contribution in [1.82, 2.24) is 14.5 Å². The van der Waals surface area contributed by atoms with Crippen molar-refractivity contribution in [1.29, 1.82) is 0 Å². The van der Waals surface area contributed by atoms with Crippen LogP contribution in [0, 0.1) is 0 Å². The molecule has 2 aliphatic heterocycles. The summed E-state index contributed by atoms with van der Waals surface area (Å²) in [7, 11) is 0. The van der Waals surface area contributed by atoms with Crippen molar-refractivity contribution in [3.63, 3.8) is 0 Å². The predicted molar refractivity (Wildman–Crippen MR) is 125 cm³/mol. The summed E-state index contributed by atoms with van der Waals surface area (Å²) in [5.41, 5.74) is 0.510. The average Bonchev–Trinajstić information content (AvgIpc) is 2.88. The van der Waals surface area contributed by atoms with E-state index in [2.05, 4.69) is 22.0 Å². The maximum atomic E-state index is 13.3. The fourth-order valence-corrected chi connectivity index (χ4v) is 6.36. The van der Waals surface area contributed by atoms with E-state index in [0.717, 1.165) is 31.2 Å². The van der Waals surface area contributed by atoms with Crippen LogP contribution in [0.2, 0.25) is 0 Å². The first-order chi connectivity index (χ1) is 15.6. The Morgan fingerprint density at radius 3 is 2.41 bits per heavy atom. The van der Waals surface area contributed by atoms with Crippen LogP contribution >= 0.6 is 0 Å². The van der Waals surface area contributed by atoms with E-state index in [-0.39, 0.29) is 11.7 Å². The van der Waals surface area contributed by atoms with Crippen LogP contribution in [0.5, 0.6) is 0 Å². The number of para-hydroxylation sites is 2. The highest BCUT2D eigenvalue weighted by Crippen LogP contribution is 2.41. The Labute approximate surface area is 189 Å². The third-order valence-corrected chi connectivity index (χ3v) is 7.73. The SMILES string of the molecule is O=C(O)c1nc2ccccc2n([C@H]2C[C@H]3CCCC[C@@H](C2)N3C2/C=C\CCCCC2)c1=O. The van der Waals surface area contributed by atoms with Crippen LogP contribution < -0.4 is 5.56 Å². The molecule has 0 amide bonds. The second-order valence-corrected chi connectivity index (χ2v) is 9.73.